The molecule has 0 atom stereocenters. The number of aryl methyl sites for hydroxylation is 1. The predicted molar refractivity (Wildman–Crippen MR) is 95.8 cm³/mol. The van der Waals surface area contributed by atoms with Crippen LogP contribution in [0.25, 0.3) is 16.8 Å². The van der Waals surface area contributed by atoms with Crippen LogP contribution in [0.1, 0.15) is 16.7 Å². The minimum absolute atomic E-state index is 0.0185. The summed E-state index contributed by atoms with van der Waals surface area (Å²) in [7, 11) is 0. The highest BCUT2D eigenvalue weighted by Crippen LogP contribution is 2.32. The van der Waals surface area contributed by atoms with E-state index >= 15 is 0 Å². The SMILES string of the molecule is Cc1ccc(O)c(C)c1-n1c(N)ccc(-c2cncc(C(F)(F)F)c2)c1=O. The number of benzene rings is 1. The Morgan fingerprint density at radius 2 is 1.81 bits per heavy atom. The van der Waals surface area contributed by atoms with Crippen molar-refractivity contribution in [1.82, 2.24) is 9.55 Å². The zero-order valence-electron chi connectivity index (χ0n) is 14.5. The normalized spacial score (nSPS) is 11.6. The molecule has 0 saturated heterocycles. The highest BCUT2D eigenvalue weighted by Gasteiger charge is 2.31. The second kappa shape index (κ2) is 6.46. The van der Waals surface area contributed by atoms with E-state index in [2.05, 4.69) is 4.98 Å². The Morgan fingerprint density at radius 1 is 1.11 bits per heavy atom. The molecule has 0 radical (unpaired) electrons. The summed E-state index contributed by atoms with van der Waals surface area (Å²) in [6.45, 7) is 3.37. The second-order valence-electron chi connectivity index (χ2n) is 6.15. The standard InChI is InChI=1S/C19H16F3N3O2/c1-10-3-5-15(26)11(2)17(10)25-16(23)6-4-14(18(25)27)12-7-13(9-24-8-12)19(20,21)22/h3-9,26H,23H2,1-2H3. The lowest BCUT2D eigenvalue weighted by Crippen LogP contribution is -2.24. The Morgan fingerprint density at radius 3 is 2.48 bits per heavy atom. The van der Waals surface area contributed by atoms with Gasteiger partial charge in [0.25, 0.3) is 5.56 Å². The molecule has 0 aliphatic carbocycles. The van der Waals surface area contributed by atoms with Gasteiger partial charge >= 0.3 is 6.18 Å². The minimum Gasteiger partial charge on any atom is -0.508 e. The van der Waals surface area contributed by atoms with Gasteiger partial charge in [0.15, 0.2) is 0 Å². The van der Waals surface area contributed by atoms with Crippen LogP contribution in [0, 0.1) is 13.8 Å². The van der Waals surface area contributed by atoms with E-state index in [1.165, 1.54) is 29.0 Å². The van der Waals surface area contributed by atoms with E-state index in [9.17, 15) is 23.1 Å². The molecule has 2 heterocycles. The average Bonchev–Trinajstić information content (AvgIpc) is 2.60. The van der Waals surface area contributed by atoms with Crippen molar-refractivity contribution in [3.05, 3.63) is 69.8 Å². The third-order valence-corrected chi connectivity index (χ3v) is 4.32. The smallest absolute Gasteiger partial charge is 0.417 e. The molecule has 2 aromatic heterocycles. The Hall–Kier alpha value is -3.29. The first kappa shape index (κ1) is 18.5. The summed E-state index contributed by atoms with van der Waals surface area (Å²) < 4.78 is 40.1. The maximum absolute atomic E-state index is 13.1. The maximum atomic E-state index is 13.1. The van der Waals surface area contributed by atoms with E-state index < -0.39 is 17.3 Å². The van der Waals surface area contributed by atoms with Gasteiger partial charge in [-0.1, -0.05) is 6.07 Å². The molecule has 3 aromatic rings. The molecular weight excluding hydrogens is 359 g/mol. The lowest BCUT2D eigenvalue weighted by Gasteiger charge is -2.17. The van der Waals surface area contributed by atoms with Crippen LogP contribution in [0.2, 0.25) is 0 Å². The summed E-state index contributed by atoms with van der Waals surface area (Å²) >= 11 is 0. The van der Waals surface area contributed by atoms with Crippen LogP contribution in [0.3, 0.4) is 0 Å². The van der Waals surface area contributed by atoms with Crippen molar-refractivity contribution in [1.29, 1.82) is 0 Å². The molecule has 0 unspecified atom stereocenters. The van der Waals surface area contributed by atoms with E-state index in [0.717, 1.165) is 6.07 Å². The van der Waals surface area contributed by atoms with Crippen molar-refractivity contribution < 1.29 is 18.3 Å². The van der Waals surface area contributed by atoms with Gasteiger partial charge in [0.05, 0.1) is 11.3 Å². The summed E-state index contributed by atoms with van der Waals surface area (Å²) in [5.41, 5.74) is 5.96. The monoisotopic (exact) mass is 375 g/mol. The van der Waals surface area contributed by atoms with Gasteiger partial charge in [-0.05, 0) is 43.7 Å². The summed E-state index contributed by atoms with van der Waals surface area (Å²) in [6.07, 6.45) is -2.69. The number of nitrogens with zero attached hydrogens (tertiary/aromatic N) is 2. The lowest BCUT2D eigenvalue weighted by molar-refractivity contribution is -0.137. The van der Waals surface area contributed by atoms with Crippen LogP contribution in [0.15, 0.2) is 47.5 Å². The second-order valence-corrected chi connectivity index (χ2v) is 6.15. The number of aromatic hydroxyl groups is 1. The highest BCUT2D eigenvalue weighted by atomic mass is 19.4. The summed E-state index contributed by atoms with van der Waals surface area (Å²) in [6, 6.07) is 6.78. The number of aromatic nitrogens is 2. The van der Waals surface area contributed by atoms with E-state index in [1.54, 1.807) is 19.9 Å². The van der Waals surface area contributed by atoms with Crippen LogP contribution < -0.4 is 11.3 Å². The molecule has 0 aliphatic rings. The third-order valence-electron chi connectivity index (χ3n) is 4.32. The van der Waals surface area contributed by atoms with Gasteiger partial charge in [-0.15, -0.1) is 0 Å². The van der Waals surface area contributed by atoms with Crippen molar-refractivity contribution in [2.24, 2.45) is 0 Å². The summed E-state index contributed by atoms with van der Waals surface area (Å²) in [4.78, 5) is 16.7. The first-order valence-corrected chi connectivity index (χ1v) is 7.95. The van der Waals surface area contributed by atoms with Gasteiger partial charge in [0.1, 0.15) is 11.6 Å². The number of nitrogen functional groups attached to an aromatic ring is 1. The first-order valence-electron chi connectivity index (χ1n) is 7.95. The Labute approximate surface area is 152 Å². The van der Waals surface area contributed by atoms with Crippen LogP contribution in [0.5, 0.6) is 5.75 Å². The molecule has 0 spiro atoms. The van der Waals surface area contributed by atoms with Gasteiger partial charge in [0, 0.05) is 29.1 Å². The molecule has 0 fully saturated rings. The topological polar surface area (TPSA) is 81.1 Å². The maximum Gasteiger partial charge on any atom is 0.417 e. The number of alkyl halides is 3. The fourth-order valence-electron chi connectivity index (χ4n) is 2.91. The number of rotatable bonds is 2. The van der Waals surface area contributed by atoms with Crippen LogP contribution in [-0.2, 0) is 6.18 Å². The van der Waals surface area contributed by atoms with Crippen molar-refractivity contribution in [3.8, 4) is 22.6 Å². The number of hydrogen-bond donors (Lipinski definition) is 2. The molecule has 3 rings (SSSR count). The number of nitrogens with two attached hydrogens (primary N) is 1. The quantitative estimate of drug-likeness (QED) is 0.713. The van der Waals surface area contributed by atoms with Crippen molar-refractivity contribution >= 4 is 5.82 Å². The van der Waals surface area contributed by atoms with Crippen molar-refractivity contribution in [2.45, 2.75) is 20.0 Å². The van der Waals surface area contributed by atoms with Gasteiger partial charge in [0.2, 0.25) is 0 Å². The van der Waals surface area contributed by atoms with Gasteiger partial charge in [-0.3, -0.25) is 14.3 Å². The zero-order valence-corrected chi connectivity index (χ0v) is 14.5. The number of halogens is 3. The highest BCUT2D eigenvalue weighted by molar-refractivity contribution is 5.66. The molecule has 0 amide bonds. The Balaban J connectivity index is 2.29. The third kappa shape index (κ3) is 3.25. The Bertz CT molecular complexity index is 1090. The number of phenols is 1. The molecule has 1 aromatic carbocycles. The van der Waals surface area contributed by atoms with Crippen molar-refractivity contribution in [2.75, 3.05) is 5.73 Å². The van der Waals surface area contributed by atoms with Crippen molar-refractivity contribution in [3.63, 3.8) is 0 Å². The Kier molecular flexibility index (Phi) is 4.43. The molecule has 8 heteroatoms. The summed E-state index contributed by atoms with van der Waals surface area (Å²) in [5, 5.41) is 9.99. The first-order chi connectivity index (χ1) is 12.6. The molecule has 3 N–H and O–H groups in total. The number of hydrogen-bond acceptors (Lipinski definition) is 4. The minimum atomic E-state index is -4.58. The summed E-state index contributed by atoms with van der Waals surface area (Å²) in [5.74, 6) is 0.0773. The number of anilines is 1. The van der Waals surface area contributed by atoms with Gasteiger partial charge in [-0.2, -0.15) is 13.2 Å². The molecule has 0 aliphatic heterocycles. The molecule has 0 bridgehead atoms. The van der Waals surface area contributed by atoms with E-state index in [1.807, 2.05) is 0 Å². The number of pyridine rings is 2. The molecule has 140 valence electrons. The molecule has 5 nitrogen and oxygen atoms in total. The van der Waals surface area contributed by atoms with Gasteiger partial charge in [-0.25, -0.2) is 0 Å². The number of phenolic OH excluding ortho intramolecular Hbond substituents is 1. The average molecular weight is 375 g/mol. The lowest BCUT2D eigenvalue weighted by atomic mass is 10.0. The molecule has 0 saturated carbocycles. The van der Waals surface area contributed by atoms with Crippen LogP contribution in [-0.4, -0.2) is 14.7 Å². The van der Waals surface area contributed by atoms with Crippen LogP contribution >= 0.6 is 0 Å². The fourth-order valence-corrected chi connectivity index (χ4v) is 2.91. The zero-order chi connectivity index (χ0) is 19.9. The fraction of sp³-hybridized carbons (Fsp3) is 0.158. The van der Waals surface area contributed by atoms with E-state index in [-0.39, 0.29) is 22.7 Å². The van der Waals surface area contributed by atoms with Crippen LogP contribution in [0.4, 0.5) is 19.0 Å². The van der Waals surface area contributed by atoms with Gasteiger partial charge < -0.3 is 10.8 Å². The largest absolute Gasteiger partial charge is 0.508 e. The van der Waals surface area contributed by atoms with E-state index in [0.29, 0.717) is 23.0 Å². The molecular formula is C19H16F3N3O2. The van der Waals surface area contributed by atoms with E-state index in [4.69, 9.17) is 5.73 Å². The molecule has 27 heavy (non-hydrogen) atoms. The predicted octanol–water partition coefficient (Wildman–Crippen LogP) is 3.82.